The van der Waals surface area contributed by atoms with Crippen LogP contribution in [0.25, 0.3) is 0 Å². The molecule has 0 aromatic rings. The molecular formula is C36H69N3O3. The van der Waals surface area contributed by atoms with Crippen molar-refractivity contribution in [3.63, 3.8) is 0 Å². The zero-order chi connectivity index (χ0) is 30.4. The van der Waals surface area contributed by atoms with Gasteiger partial charge in [-0.25, -0.2) is 0 Å². The number of carbonyl (C=O) groups is 1. The van der Waals surface area contributed by atoms with E-state index in [2.05, 4.69) is 29.0 Å². The zero-order valence-corrected chi connectivity index (χ0v) is 28.2. The number of carbonyl (C=O) groups excluding carboxylic acids is 1. The number of allylic oxidation sites excluding steroid dienone is 1. The summed E-state index contributed by atoms with van der Waals surface area (Å²) in [5.41, 5.74) is 0. The predicted molar refractivity (Wildman–Crippen MR) is 180 cm³/mol. The number of hydroxylamine groups is 2. The van der Waals surface area contributed by atoms with Crippen LogP contribution in [-0.4, -0.2) is 75.1 Å². The Kier molecular flexibility index (Phi) is 27.5. The molecule has 0 saturated carbocycles. The fourth-order valence-electron chi connectivity index (χ4n) is 5.75. The number of likely N-dealkylation sites (tertiary alicyclic amines) is 1. The van der Waals surface area contributed by atoms with Gasteiger partial charge in [-0.3, -0.25) is 9.63 Å². The van der Waals surface area contributed by atoms with E-state index in [1.54, 1.807) is 0 Å². The van der Waals surface area contributed by atoms with Crippen molar-refractivity contribution in [3.05, 3.63) is 12.2 Å². The van der Waals surface area contributed by atoms with Crippen LogP contribution < -0.4 is 0 Å². The second-order valence-electron chi connectivity index (χ2n) is 12.4. The number of hydrogen-bond donors (Lipinski definition) is 0. The van der Waals surface area contributed by atoms with E-state index in [-0.39, 0.29) is 12.1 Å². The third kappa shape index (κ3) is 25.3. The number of ether oxygens (including phenoxy) is 1. The molecule has 1 unspecified atom stereocenters. The van der Waals surface area contributed by atoms with Gasteiger partial charge in [0.25, 0.3) is 0 Å². The van der Waals surface area contributed by atoms with E-state index in [1.807, 2.05) is 25.4 Å². The Bertz CT molecular complexity index is 649. The number of esters is 1. The summed E-state index contributed by atoms with van der Waals surface area (Å²) in [4.78, 5) is 24.9. The summed E-state index contributed by atoms with van der Waals surface area (Å²) >= 11 is 0. The molecule has 1 rings (SSSR count). The minimum absolute atomic E-state index is 0.0202. The molecule has 0 bridgehead atoms. The molecule has 0 radical (unpaired) electrons. The number of nitrogens with zero attached hydrogens (tertiary/aromatic N) is 3. The summed E-state index contributed by atoms with van der Waals surface area (Å²) in [5.74, 6) is 0.0202. The largest absolute Gasteiger partial charge is 0.462 e. The minimum Gasteiger partial charge on any atom is -0.462 e. The lowest BCUT2D eigenvalue weighted by molar-refractivity contribution is -0.150. The Balaban J connectivity index is 2.13. The third-order valence-corrected chi connectivity index (χ3v) is 8.43. The summed E-state index contributed by atoms with van der Waals surface area (Å²) < 4.78 is 6.02. The molecule has 1 saturated heterocycles. The quantitative estimate of drug-likeness (QED) is 0.0274. The molecule has 0 amide bonds. The average molecular weight is 592 g/mol. The summed E-state index contributed by atoms with van der Waals surface area (Å²) in [6.45, 7) is 7.37. The second kappa shape index (κ2) is 29.8. The summed E-state index contributed by atoms with van der Waals surface area (Å²) in [6, 6.07) is 0. The van der Waals surface area contributed by atoms with Gasteiger partial charge in [-0.15, -0.1) is 0 Å². The lowest BCUT2D eigenvalue weighted by Crippen LogP contribution is -2.23. The number of hydrogen-bond acceptors (Lipinski definition) is 6. The number of unbranched alkanes of at least 4 members (excludes halogenated alkanes) is 14. The Morgan fingerprint density at radius 2 is 1.43 bits per heavy atom. The number of rotatable bonds is 30. The summed E-state index contributed by atoms with van der Waals surface area (Å²) in [7, 11) is 3.89. The van der Waals surface area contributed by atoms with Crippen molar-refractivity contribution in [1.29, 1.82) is 0 Å². The van der Waals surface area contributed by atoms with Crippen molar-refractivity contribution in [3.8, 4) is 0 Å². The van der Waals surface area contributed by atoms with Gasteiger partial charge in [0.05, 0.1) is 6.61 Å². The molecule has 1 aliphatic rings. The molecule has 6 heteroatoms. The van der Waals surface area contributed by atoms with Gasteiger partial charge in [-0.2, -0.15) is 5.06 Å². The molecular weight excluding hydrogens is 522 g/mol. The first-order chi connectivity index (χ1) is 20.7. The molecule has 0 spiro atoms. The highest BCUT2D eigenvalue weighted by Gasteiger charge is 2.16. The van der Waals surface area contributed by atoms with Crippen molar-refractivity contribution in [2.24, 2.45) is 4.99 Å². The standard InChI is InChI=1S/C36H69N3O3/c1-4-5-6-7-12-17-24-34-41-38(3)30-21-16-11-9-14-19-27-35(26-18-13-8-10-15-20-29-37-2)42-36(40)28-25-33-39-31-22-23-32-39/h17,24,29,35H,4-16,18-23,25-28,30-34H2,1-3H3/b24-17-,37-29?. The molecule has 0 N–H and O–H groups in total. The Hall–Kier alpha value is -1.24. The summed E-state index contributed by atoms with van der Waals surface area (Å²) in [6.07, 6.45) is 33.8. The maximum atomic E-state index is 12.6. The van der Waals surface area contributed by atoms with Gasteiger partial charge in [0.15, 0.2) is 0 Å². The van der Waals surface area contributed by atoms with Crippen LogP contribution in [0, 0.1) is 0 Å². The van der Waals surface area contributed by atoms with Crippen LogP contribution in [0.3, 0.4) is 0 Å². The van der Waals surface area contributed by atoms with Crippen LogP contribution in [0.1, 0.15) is 155 Å². The van der Waals surface area contributed by atoms with Gasteiger partial charge >= 0.3 is 5.97 Å². The Morgan fingerprint density at radius 1 is 0.810 bits per heavy atom. The molecule has 42 heavy (non-hydrogen) atoms. The van der Waals surface area contributed by atoms with Gasteiger partial charge in [0, 0.05) is 27.1 Å². The van der Waals surface area contributed by atoms with E-state index in [0.29, 0.717) is 13.0 Å². The first-order valence-electron chi connectivity index (χ1n) is 18.0. The van der Waals surface area contributed by atoms with Gasteiger partial charge in [-0.1, -0.05) is 83.3 Å². The molecule has 6 nitrogen and oxygen atoms in total. The van der Waals surface area contributed by atoms with E-state index in [4.69, 9.17) is 9.57 Å². The Labute approximate surface area is 261 Å². The van der Waals surface area contributed by atoms with Crippen LogP contribution in [0.5, 0.6) is 0 Å². The first-order valence-corrected chi connectivity index (χ1v) is 18.0. The maximum absolute atomic E-state index is 12.6. The molecule has 0 aromatic carbocycles. The zero-order valence-electron chi connectivity index (χ0n) is 28.2. The van der Waals surface area contributed by atoms with E-state index >= 15 is 0 Å². The molecule has 246 valence electrons. The first kappa shape index (κ1) is 38.8. The van der Waals surface area contributed by atoms with Gasteiger partial charge < -0.3 is 14.6 Å². The topological polar surface area (TPSA) is 54.4 Å². The van der Waals surface area contributed by atoms with Crippen molar-refractivity contribution >= 4 is 12.2 Å². The second-order valence-corrected chi connectivity index (χ2v) is 12.4. The monoisotopic (exact) mass is 592 g/mol. The normalized spacial score (nSPS) is 15.0. The lowest BCUT2D eigenvalue weighted by Gasteiger charge is -2.19. The highest BCUT2D eigenvalue weighted by Crippen LogP contribution is 2.18. The van der Waals surface area contributed by atoms with Crippen LogP contribution >= 0.6 is 0 Å². The number of aliphatic imine (C=N–C) groups is 1. The van der Waals surface area contributed by atoms with Crippen molar-refractivity contribution in [1.82, 2.24) is 9.96 Å². The molecule has 0 aliphatic carbocycles. The highest BCUT2D eigenvalue weighted by atomic mass is 16.7. The Morgan fingerprint density at radius 3 is 2.12 bits per heavy atom. The molecule has 1 heterocycles. The molecule has 0 aromatic heterocycles. The SMILES string of the molecule is CCCCCC/C=C\CON(C)CCCCCCCCC(CCCCCCCC=NC)OC(=O)CCCN1CCCC1. The average Bonchev–Trinajstić information content (AvgIpc) is 3.50. The van der Waals surface area contributed by atoms with Crippen LogP contribution in [-0.2, 0) is 14.4 Å². The predicted octanol–water partition coefficient (Wildman–Crippen LogP) is 9.33. The summed E-state index contributed by atoms with van der Waals surface area (Å²) in [5, 5.41) is 1.99. The fraction of sp³-hybridized carbons (Fsp3) is 0.889. The van der Waals surface area contributed by atoms with Crippen LogP contribution in [0.4, 0.5) is 0 Å². The van der Waals surface area contributed by atoms with Crippen LogP contribution in [0.15, 0.2) is 17.1 Å². The third-order valence-electron chi connectivity index (χ3n) is 8.43. The molecule has 1 fully saturated rings. The minimum atomic E-state index is 0.0202. The van der Waals surface area contributed by atoms with E-state index < -0.39 is 0 Å². The van der Waals surface area contributed by atoms with Gasteiger partial charge in [-0.05, 0) is 103 Å². The van der Waals surface area contributed by atoms with Gasteiger partial charge in [0.2, 0.25) is 0 Å². The van der Waals surface area contributed by atoms with E-state index in [9.17, 15) is 4.79 Å². The molecule has 1 atom stereocenters. The van der Waals surface area contributed by atoms with Crippen molar-refractivity contribution in [2.75, 3.05) is 46.9 Å². The lowest BCUT2D eigenvalue weighted by atomic mass is 10.0. The maximum Gasteiger partial charge on any atom is 0.306 e. The fourth-order valence-corrected chi connectivity index (χ4v) is 5.75. The van der Waals surface area contributed by atoms with Gasteiger partial charge in [0.1, 0.15) is 6.10 Å². The van der Waals surface area contributed by atoms with Crippen molar-refractivity contribution in [2.45, 2.75) is 161 Å². The smallest absolute Gasteiger partial charge is 0.306 e. The van der Waals surface area contributed by atoms with E-state index in [1.165, 1.54) is 116 Å². The molecule has 1 aliphatic heterocycles. The highest BCUT2D eigenvalue weighted by molar-refractivity contribution is 5.69. The van der Waals surface area contributed by atoms with Crippen molar-refractivity contribution < 1.29 is 14.4 Å². The van der Waals surface area contributed by atoms with E-state index in [0.717, 1.165) is 51.6 Å². The van der Waals surface area contributed by atoms with Crippen LogP contribution in [0.2, 0.25) is 0 Å².